The maximum Gasteiger partial charge on any atom is 0.303 e. The Morgan fingerprint density at radius 2 is 1.82 bits per heavy atom. The number of benzene rings is 2. The van der Waals surface area contributed by atoms with Gasteiger partial charge in [-0.25, -0.2) is 0 Å². The molecule has 0 unspecified atom stereocenters. The van der Waals surface area contributed by atoms with Gasteiger partial charge in [-0.2, -0.15) is 0 Å². The molecule has 2 aromatic carbocycles. The van der Waals surface area contributed by atoms with Crippen molar-refractivity contribution in [1.82, 2.24) is 4.90 Å². The summed E-state index contributed by atoms with van der Waals surface area (Å²) in [7, 11) is 0. The fourth-order valence-corrected chi connectivity index (χ4v) is 3.55. The largest absolute Gasteiger partial charge is 0.493 e. The molecule has 0 atom stereocenters. The van der Waals surface area contributed by atoms with Gasteiger partial charge in [0.2, 0.25) is 0 Å². The van der Waals surface area contributed by atoms with Crippen LogP contribution in [0.25, 0.3) is 11.3 Å². The number of carbonyl (C=O) groups excluding carboxylic acids is 1. The maximum absolute atomic E-state index is 13.5. The number of hydrogen-bond acceptors (Lipinski definition) is 4. The summed E-state index contributed by atoms with van der Waals surface area (Å²) in [6.45, 7) is -1.73. The Labute approximate surface area is 196 Å². The fraction of sp³-hybridized carbons (Fsp3) is 0.333. The Morgan fingerprint density at radius 3 is 2.52 bits per heavy atom. The number of unbranched alkanes of at least 4 members (excludes halogenated alkanes) is 2. The molecule has 172 valence electrons. The molecule has 0 spiro atoms. The molecule has 6 nitrogen and oxygen atoms in total. The molecule has 1 N–H and O–H groups in total. The number of ether oxygens (including phenoxy) is 1. The van der Waals surface area contributed by atoms with E-state index in [-0.39, 0.29) is 18.4 Å². The standard InChI is InChI=1S/C27H29NO5/c29-26(30)10-2-1-5-17-32-25-8-4-3-7-22(25)19-28(23-15-16-23)27(31)21-13-11-20(12-14-21)24-9-6-18-33-24/h3-4,6-9,11-14,18,23H,1-2,5,10,15-17,19H2,(H,29,30)/i19D2. The summed E-state index contributed by atoms with van der Waals surface area (Å²) in [6, 6.07) is 17.3. The second-order valence-corrected chi connectivity index (χ2v) is 8.12. The van der Waals surface area contributed by atoms with Gasteiger partial charge in [0.15, 0.2) is 0 Å². The van der Waals surface area contributed by atoms with E-state index < -0.39 is 12.5 Å². The third-order valence-electron chi connectivity index (χ3n) is 5.49. The third kappa shape index (κ3) is 6.25. The highest BCUT2D eigenvalue weighted by Crippen LogP contribution is 2.32. The molecule has 1 saturated carbocycles. The summed E-state index contributed by atoms with van der Waals surface area (Å²) >= 11 is 0. The lowest BCUT2D eigenvalue weighted by Gasteiger charge is -2.24. The van der Waals surface area contributed by atoms with Crippen LogP contribution in [0.5, 0.6) is 5.75 Å². The van der Waals surface area contributed by atoms with Gasteiger partial charge in [-0.15, -0.1) is 0 Å². The van der Waals surface area contributed by atoms with E-state index >= 15 is 0 Å². The van der Waals surface area contributed by atoms with Gasteiger partial charge in [-0.05, 0) is 62.4 Å². The van der Waals surface area contributed by atoms with Crippen molar-refractivity contribution in [1.29, 1.82) is 0 Å². The van der Waals surface area contributed by atoms with Gasteiger partial charge in [-0.3, -0.25) is 9.59 Å². The van der Waals surface area contributed by atoms with Gasteiger partial charge in [0.25, 0.3) is 5.91 Å². The summed E-state index contributed by atoms with van der Waals surface area (Å²) in [4.78, 5) is 25.5. The molecule has 0 aliphatic heterocycles. The number of rotatable bonds is 12. The van der Waals surface area contributed by atoms with E-state index in [0.717, 1.165) is 18.4 Å². The third-order valence-corrected chi connectivity index (χ3v) is 5.49. The molecule has 0 radical (unpaired) electrons. The van der Waals surface area contributed by atoms with E-state index in [1.54, 1.807) is 60.9 Å². The van der Waals surface area contributed by atoms with Gasteiger partial charge in [0.05, 0.1) is 15.6 Å². The monoisotopic (exact) mass is 449 g/mol. The van der Waals surface area contributed by atoms with E-state index in [1.165, 1.54) is 4.90 Å². The Morgan fingerprint density at radius 1 is 1.03 bits per heavy atom. The van der Waals surface area contributed by atoms with Crippen molar-refractivity contribution in [3.63, 3.8) is 0 Å². The van der Waals surface area contributed by atoms with Crippen LogP contribution >= 0.6 is 0 Å². The first kappa shape index (κ1) is 20.1. The molecule has 1 amide bonds. The summed E-state index contributed by atoms with van der Waals surface area (Å²) in [5.41, 5.74) is 1.56. The van der Waals surface area contributed by atoms with Crippen molar-refractivity contribution in [2.45, 2.75) is 51.1 Å². The van der Waals surface area contributed by atoms with E-state index in [2.05, 4.69) is 0 Å². The lowest BCUT2D eigenvalue weighted by molar-refractivity contribution is -0.137. The molecule has 33 heavy (non-hydrogen) atoms. The maximum atomic E-state index is 13.5. The summed E-state index contributed by atoms with van der Waals surface area (Å²) in [5.74, 6) is -0.0911. The van der Waals surface area contributed by atoms with Crippen molar-refractivity contribution in [3.05, 3.63) is 78.1 Å². The van der Waals surface area contributed by atoms with Crippen molar-refractivity contribution < 1.29 is 26.6 Å². The molecule has 1 aliphatic rings. The van der Waals surface area contributed by atoms with E-state index in [9.17, 15) is 9.59 Å². The zero-order chi connectivity index (χ0) is 24.8. The lowest BCUT2D eigenvalue weighted by Crippen LogP contribution is -2.32. The average Bonchev–Trinajstić information content (AvgIpc) is 3.51. The van der Waals surface area contributed by atoms with E-state index in [0.29, 0.717) is 48.5 Å². The number of para-hydroxylation sites is 1. The van der Waals surface area contributed by atoms with Crippen LogP contribution in [0.1, 0.15) is 57.2 Å². The molecule has 1 aliphatic carbocycles. The first-order chi connectivity index (χ1) is 16.9. The SMILES string of the molecule is [2H]C([2H])(c1ccccc1OCCCCCC(=O)O)N(C(=O)c1ccc(-c2ccco2)cc1)C1CC1. The summed E-state index contributed by atoms with van der Waals surface area (Å²) < 4.78 is 29.3. The van der Waals surface area contributed by atoms with E-state index in [4.69, 9.17) is 17.0 Å². The van der Waals surface area contributed by atoms with Gasteiger partial charge >= 0.3 is 5.97 Å². The lowest BCUT2D eigenvalue weighted by atomic mass is 10.1. The zero-order valence-electron chi connectivity index (χ0n) is 20.4. The second kappa shape index (κ2) is 10.9. The molecule has 1 aromatic heterocycles. The minimum absolute atomic E-state index is 0.125. The molecule has 3 aromatic rings. The van der Waals surface area contributed by atoms with Gasteiger partial charge in [-0.1, -0.05) is 30.3 Å². The van der Waals surface area contributed by atoms with Crippen LogP contribution in [0.2, 0.25) is 0 Å². The average molecular weight is 450 g/mol. The normalized spacial score (nSPS) is 14.3. The molecular formula is C27H29NO5. The van der Waals surface area contributed by atoms with Crippen LogP contribution < -0.4 is 4.74 Å². The highest BCUT2D eigenvalue weighted by Gasteiger charge is 2.33. The van der Waals surface area contributed by atoms with Crippen LogP contribution in [0.4, 0.5) is 0 Å². The van der Waals surface area contributed by atoms with Crippen LogP contribution in [0, 0.1) is 0 Å². The molecular weight excluding hydrogens is 418 g/mol. The topological polar surface area (TPSA) is 80.0 Å². The van der Waals surface area contributed by atoms with Crippen molar-refractivity contribution in [2.24, 2.45) is 0 Å². The van der Waals surface area contributed by atoms with E-state index in [1.807, 2.05) is 6.07 Å². The number of carbonyl (C=O) groups is 2. The quantitative estimate of drug-likeness (QED) is 0.355. The number of hydrogen-bond donors (Lipinski definition) is 1. The highest BCUT2D eigenvalue weighted by atomic mass is 16.5. The second-order valence-electron chi connectivity index (χ2n) is 8.12. The molecule has 0 bridgehead atoms. The Bertz CT molecular complexity index is 1140. The van der Waals surface area contributed by atoms with Gasteiger partial charge in [0.1, 0.15) is 11.5 Å². The fourth-order valence-electron chi connectivity index (χ4n) is 3.55. The van der Waals surface area contributed by atoms with Crippen LogP contribution in [0.3, 0.4) is 0 Å². The number of aliphatic carboxylic acids is 1. The Kier molecular flexibility index (Phi) is 6.61. The van der Waals surface area contributed by atoms with Crippen molar-refractivity contribution >= 4 is 11.9 Å². The molecule has 6 heteroatoms. The number of carboxylic acid groups (broad SMARTS) is 1. The van der Waals surface area contributed by atoms with Crippen LogP contribution in [-0.4, -0.2) is 34.5 Å². The first-order valence-corrected chi connectivity index (χ1v) is 11.3. The summed E-state index contributed by atoms with van der Waals surface area (Å²) in [6.07, 6.45) is 5.17. The molecule has 1 heterocycles. The van der Waals surface area contributed by atoms with Gasteiger partial charge in [0, 0.05) is 35.6 Å². The predicted molar refractivity (Wildman–Crippen MR) is 125 cm³/mol. The number of amides is 1. The zero-order valence-corrected chi connectivity index (χ0v) is 18.4. The molecule has 1 fully saturated rings. The first-order valence-electron chi connectivity index (χ1n) is 12.3. The van der Waals surface area contributed by atoms with Crippen molar-refractivity contribution in [2.75, 3.05) is 6.61 Å². The Hall–Kier alpha value is -3.54. The highest BCUT2D eigenvalue weighted by molar-refractivity contribution is 5.95. The molecule has 0 saturated heterocycles. The predicted octanol–water partition coefficient (Wildman–Crippen LogP) is 5.78. The number of nitrogens with zero attached hydrogens (tertiary/aromatic N) is 1. The number of carboxylic acids is 1. The minimum Gasteiger partial charge on any atom is -0.493 e. The molecule has 4 rings (SSSR count). The smallest absolute Gasteiger partial charge is 0.303 e. The van der Waals surface area contributed by atoms with Crippen molar-refractivity contribution in [3.8, 4) is 17.1 Å². The summed E-state index contributed by atoms with van der Waals surface area (Å²) in [5, 5.41) is 8.75. The van der Waals surface area contributed by atoms with Crippen LogP contribution in [-0.2, 0) is 11.3 Å². The van der Waals surface area contributed by atoms with Crippen LogP contribution in [0.15, 0.2) is 71.3 Å². The Balaban J connectivity index is 1.50. The minimum atomic E-state index is -2.07. The van der Waals surface area contributed by atoms with Gasteiger partial charge < -0.3 is 19.2 Å². The number of furan rings is 1.